The van der Waals surface area contributed by atoms with Crippen molar-refractivity contribution in [1.82, 2.24) is 4.90 Å². The molecule has 1 amide bonds. The van der Waals surface area contributed by atoms with Crippen molar-refractivity contribution in [2.24, 2.45) is 5.16 Å². The van der Waals surface area contributed by atoms with E-state index in [1.807, 2.05) is 29.2 Å². The predicted molar refractivity (Wildman–Crippen MR) is 103 cm³/mol. The first-order valence-corrected chi connectivity index (χ1v) is 10.1. The highest BCUT2D eigenvalue weighted by atomic mass is 32.2. The Morgan fingerprint density at radius 1 is 1.12 bits per heavy atom. The van der Waals surface area contributed by atoms with Crippen LogP contribution in [0.1, 0.15) is 21.7 Å². The standard InChI is InChI=1S/C18H19N3O2S2/c22-17(16-12-14-15(19-23)6-11-24-18(14)25-16)21-9-7-20(8-10-21)13-4-2-1-3-5-13/h1-5,12,23H,6-11H2. The predicted octanol–water partition coefficient (Wildman–Crippen LogP) is 3.38. The molecule has 1 fully saturated rings. The van der Waals surface area contributed by atoms with E-state index < -0.39 is 0 Å². The molecule has 1 saturated heterocycles. The van der Waals surface area contributed by atoms with E-state index in [4.69, 9.17) is 5.21 Å². The summed E-state index contributed by atoms with van der Waals surface area (Å²) in [5.41, 5.74) is 2.83. The van der Waals surface area contributed by atoms with E-state index in [0.29, 0.717) is 5.71 Å². The summed E-state index contributed by atoms with van der Waals surface area (Å²) in [6.07, 6.45) is 0.744. The summed E-state index contributed by atoms with van der Waals surface area (Å²) >= 11 is 3.26. The van der Waals surface area contributed by atoms with Crippen LogP contribution in [0.4, 0.5) is 5.69 Å². The van der Waals surface area contributed by atoms with Crippen LogP contribution in [0, 0.1) is 0 Å². The second-order valence-corrected chi connectivity index (χ2v) is 8.49. The molecule has 2 aromatic rings. The second-order valence-electron chi connectivity index (χ2n) is 6.07. The number of oxime groups is 1. The van der Waals surface area contributed by atoms with Gasteiger partial charge < -0.3 is 15.0 Å². The van der Waals surface area contributed by atoms with Gasteiger partial charge in [0.1, 0.15) is 0 Å². The molecule has 3 heterocycles. The topological polar surface area (TPSA) is 56.1 Å². The second kappa shape index (κ2) is 7.09. The van der Waals surface area contributed by atoms with Crippen molar-refractivity contribution in [1.29, 1.82) is 0 Å². The van der Waals surface area contributed by atoms with Gasteiger partial charge in [0.2, 0.25) is 0 Å². The highest BCUT2D eigenvalue weighted by Gasteiger charge is 2.27. The molecule has 2 aliphatic rings. The lowest BCUT2D eigenvalue weighted by atomic mass is 10.1. The van der Waals surface area contributed by atoms with Gasteiger partial charge >= 0.3 is 0 Å². The van der Waals surface area contributed by atoms with Crippen LogP contribution < -0.4 is 4.90 Å². The zero-order valence-electron chi connectivity index (χ0n) is 13.7. The normalized spacial score (nSPS) is 19.1. The van der Waals surface area contributed by atoms with Gasteiger partial charge in [0.15, 0.2) is 0 Å². The number of anilines is 1. The van der Waals surface area contributed by atoms with Gasteiger partial charge in [-0.25, -0.2) is 0 Å². The van der Waals surface area contributed by atoms with Gasteiger partial charge in [0, 0.05) is 49.6 Å². The van der Waals surface area contributed by atoms with Crippen molar-refractivity contribution < 1.29 is 10.0 Å². The van der Waals surface area contributed by atoms with Crippen molar-refractivity contribution in [3.8, 4) is 0 Å². The fourth-order valence-electron chi connectivity index (χ4n) is 3.23. The van der Waals surface area contributed by atoms with Gasteiger partial charge in [-0.3, -0.25) is 4.79 Å². The average molecular weight is 374 g/mol. The smallest absolute Gasteiger partial charge is 0.264 e. The first kappa shape index (κ1) is 16.5. The van der Waals surface area contributed by atoms with Crippen LogP contribution in [0.15, 0.2) is 45.8 Å². The average Bonchev–Trinajstić information content (AvgIpc) is 3.12. The van der Waals surface area contributed by atoms with Crippen molar-refractivity contribution in [2.45, 2.75) is 10.6 Å². The van der Waals surface area contributed by atoms with Crippen LogP contribution in [0.3, 0.4) is 0 Å². The maximum absolute atomic E-state index is 12.9. The van der Waals surface area contributed by atoms with E-state index in [1.165, 1.54) is 17.0 Å². The molecule has 0 radical (unpaired) electrons. The lowest BCUT2D eigenvalue weighted by Gasteiger charge is -2.36. The molecular weight excluding hydrogens is 354 g/mol. The molecule has 1 aromatic carbocycles. The Kier molecular flexibility index (Phi) is 4.67. The number of piperazine rings is 1. The number of hydrogen-bond donors (Lipinski definition) is 1. The van der Waals surface area contributed by atoms with Crippen LogP contribution in [0.5, 0.6) is 0 Å². The molecule has 130 valence electrons. The number of amides is 1. The highest BCUT2D eigenvalue weighted by molar-refractivity contribution is 8.01. The minimum absolute atomic E-state index is 0.0880. The summed E-state index contributed by atoms with van der Waals surface area (Å²) in [6, 6.07) is 12.2. The molecule has 0 spiro atoms. The first-order valence-electron chi connectivity index (χ1n) is 8.33. The van der Waals surface area contributed by atoms with E-state index in [1.54, 1.807) is 11.8 Å². The monoisotopic (exact) mass is 373 g/mol. The number of para-hydroxylation sites is 1. The number of carbonyl (C=O) groups excluding carboxylic acids is 1. The fraction of sp³-hybridized carbons (Fsp3) is 0.333. The molecule has 0 atom stereocenters. The van der Waals surface area contributed by atoms with Crippen LogP contribution in [0.25, 0.3) is 0 Å². The Labute approximate surface area is 154 Å². The fourth-order valence-corrected chi connectivity index (χ4v) is 5.68. The van der Waals surface area contributed by atoms with E-state index in [0.717, 1.165) is 53.0 Å². The van der Waals surface area contributed by atoms with E-state index in [2.05, 4.69) is 22.2 Å². The summed E-state index contributed by atoms with van der Waals surface area (Å²) in [7, 11) is 0. The van der Waals surface area contributed by atoms with Crippen molar-refractivity contribution in [2.75, 3.05) is 36.8 Å². The number of benzene rings is 1. The van der Waals surface area contributed by atoms with Crippen molar-refractivity contribution >= 4 is 40.4 Å². The first-order chi connectivity index (χ1) is 12.3. The van der Waals surface area contributed by atoms with Crippen molar-refractivity contribution in [3.05, 3.63) is 46.8 Å². The maximum Gasteiger partial charge on any atom is 0.264 e. The van der Waals surface area contributed by atoms with Gasteiger partial charge in [-0.05, 0) is 18.2 Å². The zero-order chi connectivity index (χ0) is 17.2. The quantitative estimate of drug-likeness (QED) is 0.648. The molecule has 25 heavy (non-hydrogen) atoms. The summed E-state index contributed by atoms with van der Waals surface area (Å²) < 4.78 is 1.09. The molecule has 5 nitrogen and oxygen atoms in total. The van der Waals surface area contributed by atoms with E-state index in [-0.39, 0.29) is 5.91 Å². The molecule has 0 saturated carbocycles. The molecule has 7 heteroatoms. The molecule has 2 aliphatic heterocycles. The number of nitrogens with zero attached hydrogens (tertiary/aromatic N) is 3. The number of thiophene rings is 1. The minimum atomic E-state index is 0.0880. The molecule has 1 N–H and O–H groups in total. The Morgan fingerprint density at radius 2 is 1.88 bits per heavy atom. The summed E-state index contributed by atoms with van der Waals surface area (Å²) in [4.78, 5) is 17.8. The molecule has 0 bridgehead atoms. The third-order valence-electron chi connectivity index (χ3n) is 4.60. The maximum atomic E-state index is 12.9. The summed E-state index contributed by atoms with van der Waals surface area (Å²) in [5, 5.41) is 12.6. The molecule has 0 aliphatic carbocycles. The van der Waals surface area contributed by atoms with Crippen LogP contribution in [-0.4, -0.2) is 53.7 Å². The number of thioether (sulfide) groups is 1. The molecule has 1 aromatic heterocycles. The van der Waals surface area contributed by atoms with Gasteiger partial charge in [0.25, 0.3) is 5.91 Å². The van der Waals surface area contributed by atoms with Gasteiger partial charge in [0.05, 0.1) is 14.8 Å². The Hall–Kier alpha value is -1.99. The largest absolute Gasteiger partial charge is 0.411 e. The number of rotatable bonds is 2. The van der Waals surface area contributed by atoms with Crippen LogP contribution in [-0.2, 0) is 0 Å². The summed E-state index contributed by atoms with van der Waals surface area (Å²) in [6.45, 7) is 3.15. The third kappa shape index (κ3) is 3.26. The molecular formula is C18H19N3O2S2. The van der Waals surface area contributed by atoms with E-state index in [9.17, 15) is 4.79 Å². The lowest BCUT2D eigenvalue weighted by molar-refractivity contribution is 0.0751. The SMILES string of the molecule is O=C(c1cc2c(s1)SCCC2=NO)N1CCN(c2ccccc2)CC1. The third-order valence-corrected chi connectivity index (χ3v) is 7.01. The molecule has 4 rings (SSSR count). The van der Waals surface area contributed by atoms with E-state index >= 15 is 0 Å². The highest BCUT2D eigenvalue weighted by Crippen LogP contribution is 2.38. The Morgan fingerprint density at radius 3 is 2.60 bits per heavy atom. The van der Waals surface area contributed by atoms with Gasteiger partial charge in [-0.2, -0.15) is 0 Å². The molecule has 0 unspecified atom stereocenters. The minimum Gasteiger partial charge on any atom is -0.411 e. The Bertz CT molecular complexity index is 796. The number of carbonyl (C=O) groups is 1. The van der Waals surface area contributed by atoms with Gasteiger partial charge in [-0.1, -0.05) is 23.4 Å². The number of fused-ring (bicyclic) bond motifs is 1. The number of hydrogen-bond acceptors (Lipinski definition) is 6. The Balaban J connectivity index is 1.45. The van der Waals surface area contributed by atoms with Crippen LogP contribution >= 0.6 is 23.1 Å². The van der Waals surface area contributed by atoms with Crippen molar-refractivity contribution in [3.63, 3.8) is 0 Å². The van der Waals surface area contributed by atoms with Crippen LogP contribution in [0.2, 0.25) is 0 Å². The lowest BCUT2D eigenvalue weighted by Crippen LogP contribution is -2.48. The summed E-state index contributed by atoms with van der Waals surface area (Å²) in [5.74, 6) is 0.987. The van der Waals surface area contributed by atoms with Gasteiger partial charge in [-0.15, -0.1) is 23.1 Å². The zero-order valence-corrected chi connectivity index (χ0v) is 15.4.